The van der Waals surface area contributed by atoms with Crippen LogP contribution in [0.15, 0.2) is 140 Å². The van der Waals surface area contributed by atoms with Crippen LogP contribution in [0.1, 0.15) is 0 Å². The molecule has 8 aromatic rings. The largest absolute Gasteiger partial charge is 0.309 e. The van der Waals surface area contributed by atoms with Crippen LogP contribution in [0.2, 0.25) is 0 Å². The van der Waals surface area contributed by atoms with E-state index in [1.54, 1.807) is 0 Å². The van der Waals surface area contributed by atoms with Crippen LogP contribution in [-0.4, -0.2) is 9.38 Å². The quantitative estimate of drug-likeness (QED) is 0.178. The molecule has 0 N–H and O–H groups in total. The van der Waals surface area contributed by atoms with Crippen molar-refractivity contribution in [2.75, 3.05) is 0 Å². The first-order valence-corrected chi connectivity index (χ1v) is 14.8. The van der Waals surface area contributed by atoms with Crippen LogP contribution >= 0.6 is 7.14 Å². The summed E-state index contributed by atoms with van der Waals surface area (Å²) in [4.78, 5) is 5.12. The maximum absolute atomic E-state index is 15.0. The normalized spacial score (nSPS) is 12.2. The van der Waals surface area contributed by atoms with Crippen molar-refractivity contribution in [1.82, 2.24) is 9.38 Å². The number of nitrogens with zero attached hydrogens (tertiary/aromatic N) is 2. The second-order valence-electron chi connectivity index (χ2n) is 9.95. The highest BCUT2D eigenvalue weighted by atomic mass is 31.2. The lowest BCUT2D eigenvalue weighted by atomic mass is 9.99. The van der Waals surface area contributed by atoms with Crippen molar-refractivity contribution in [2.45, 2.75) is 0 Å². The SMILES string of the molecule is O=P(c1ccccc1)(c1ccccc1)c1ccc2c(ccc3c4ccccc4n4c5ccccc5nc4c23)c1. The first-order chi connectivity index (χ1) is 19.2. The predicted octanol–water partition coefficient (Wildman–Crippen LogP) is 7.59. The maximum atomic E-state index is 15.0. The summed E-state index contributed by atoms with van der Waals surface area (Å²) < 4.78 is 17.3. The molecule has 6 aromatic carbocycles. The van der Waals surface area contributed by atoms with Gasteiger partial charge in [0.2, 0.25) is 0 Å². The molecular weight excluding hydrogens is 495 g/mol. The highest BCUT2D eigenvalue weighted by Gasteiger charge is 2.30. The van der Waals surface area contributed by atoms with E-state index in [1.807, 2.05) is 66.7 Å². The van der Waals surface area contributed by atoms with Gasteiger partial charge in [0.1, 0.15) is 5.65 Å². The van der Waals surface area contributed by atoms with Crippen molar-refractivity contribution in [3.63, 3.8) is 0 Å². The van der Waals surface area contributed by atoms with E-state index in [4.69, 9.17) is 4.98 Å². The first-order valence-electron chi connectivity index (χ1n) is 13.1. The molecule has 0 aliphatic rings. The van der Waals surface area contributed by atoms with E-state index in [0.717, 1.165) is 54.3 Å². The van der Waals surface area contributed by atoms with Gasteiger partial charge in [-0.2, -0.15) is 0 Å². The van der Waals surface area contributed by atoms with Gasteiger partial charge in [-0.05, 0) is 40.4 Å². The zero-order valence-electron chi connectivity index (χ0n) is 21.0. The van der Waals surface area contributed by atoms with Crippen LogP contribution < -0.4 is 15.9 Å². The molecule has 0 saturated carbocycles. The van der Waals surface area contributed by atoms with Crippen molar-refractivity contribution < 1.29 is 4.57 Å². The molecule has 0 spiro atoms. The molecule has 0 aliphatic carbocycles. The van der Waals surface area contributed by atoms with Gasteiger partial charge in [0.15, 0.2) is 7.14 Å². The third-order valence-electron chi connectivity index (χ3n) is 7.83. The summed E-state index contributed by atoms with van der Waals surface area (Å²) in [5.41, 5.74) is 4.15. The van der Waals surface area contributed by atoms with Crippen molar-refractivity contribution in [3.8, 4) is 0 Å². The van der Waals surface area contributed by atoms with Gasteiger partial charge >= 0.3 is 0 Å². The molecule has 0 saturated heterocycles. The zero-order valence-corrected chi connectivity index (χ0v) is 21.9. The maximum Gasteiger partial charge on any atom is 0.171 e. The average Bonchev–Trinajstić information content (AvgIpc) is 3.41. The Hall–Kier alpha value is -4.72. The van der Waals surface area contributed by atoms with Crippen LogP contribution in [0.25, 0.3) is 49.1 Å². The third-order valence-corrected chi connectivity index (χ3v) is 10.9. The summed E-state index contributed by atoms with van der Waals surface area (Å²) in [5, 5.41) is 8.14. The number of rotatable bonds is 3. The summed E-state index contributed by atoms with van der Waals surface area (Å²) in [6.07, 6.45) is 0. The predicted molar refractivity (Wildman–Crippen MR) is 165 cm³/mol. The summed E-state index contributed by atoms with van der Waals surface area (Å²) in [6.45, 7) is 0. The number of para-hydroxylation sites is 3. The fraction of sp³-hybridized carbons (Fsp3) is 0. The van der Waals surface area contributed by atoms with Crippen LogP contribution in [0.5, 0.6) is 0 Å². The van der Waals surface area contributed by atoms with E-state index < -0.39 is 7.14 Å². The van der Waals surface area contributed by atoms with Gasteiger partial charge in [0.25, 0.3) is 0 Å². The van der Waals surface area contributed by atoms with E-state index in [2.05, 4.69) is 77.2 Å². The van der Waals surface area contributed by atoms with Crippen molar-refractivity contribution in [1.29, 1.82) is 0 Å². The van der Waals surface area contributed by atoms with E-state index in [1.165, 1.54) is 10.8 Å². The average molecular weight is 519 g/mol. The molecule has 0 bridgehead atoms. The second kappa shape index (κ2) is 8.39. The molecule has 0 fully saturated rings. The highest BCUT2D eigenvalue weighted by molar-refractivity contribution is 7.85. The Labute approximate surface area is 225 Å². The zero-order chi connectivity index (χ0) is 26.0. The Morgan fingerprint density at radius 1 is 0.513 bits per heavy atom. The monoisotopic (exact) mass is 518 g/mol. The number of fused-ring (bicyclic) bond motifs is 10. The molecule has 2 heterocycles. The molecule has 0 radical (unpaired) electrons. The lowest BCUT2D eigenvalue weighted by molar-refractivity contribution is 0.592. The van der Waals surface area contributed by atoms with Crippen LogP contribution in [-0.2, 0) is 4.57 Å². The second-order valence-corrected chi connectivity index (χ2v) is 12.7. The minimum atomic E-state index is -3.07. The molecule has 184 valence electrons. The van der Waals surface area contributed by atoms with Gasteiger partial charge in [-0.1, -0.05) is 115 Å². The lowest BCUT2D eigenvalue weighted by Crippen LogP contribution is -2.24. The Morgan fingerprint density at radius 2 is 1.13 bits per heavy atom. The minimum absolute atomic E-state index is 0.831. The Bertz CT molecular complexity index is 2210. The first kappa shape index (κ1) is 22.3. The topological polar surface area (TPSA) is 34.4 Å². The molecule has 0 unspecified atom stereocenters. The number of pyridine rings is 1. The van der Waals surface area contributed by atoms with Crippen LogP contribution in [0, 0.1) is 0 Å². The smallest absolute Gasteiger partial charge is 0.171 e. The Balaban J connectivity index is 1.48. The van der Waals surface area contributed by atoms with E-state index >= 15 is 4.57 Å². The Kier molecular flexibility index (Phi) is 4.79. The third kappa shape index (κ3) is 3.17. The van der Waals surface area contributed by atoms with Crippen molar-refractivity contribution in [2.24, 2.45) is 0 Å². The minimum Gasteiger partial charge on any atom is -0.309 e. The molecule has 2 aromatic heterocycles. The van der Waals surface area contributed by atoms with E-state index in [0.29, 0.717) is 0 Å². The highest BCUT2D eigenvalue weighted by Crippen LogP contribution is 2.44. The molecular formula is C35H23N2OP. The van der Waals surface area contributed by atoms with E-state index in [9.17, 15) is 0 Å². The molecule has 39 heavy (non-hydrogen) atoms. The number of imidazole rings is 1. The van der Waals surface area contributed by atoms with Gasteiger partial charge in [0, 0.05) is 26.7 Å². The fourth-order valence-electron chi connectivity index (χ4n) is 6.04. The molecule has 0 amide bonds. The number of aromatic nitrogens is 2. The molecule has 8 rings (SSSR count). The number of hydrogen-bond acceptors (Lipinski definition) is 2. The number of hydrogen-bond donors (Lipinski definition) is 0. The number of benzene rings is 6. The van der Waals surface area contributed by atoms with Crippen molar-refractivity contribution in [3.05, 3.63) is 140 Å². The fourth-order valence-corrected chi connectivity index (χ4v) is 8.72. The van der Waals surface area contributed by atoms with Crippen molar-refractivity contribution >= 4 is 72.2 Å². The molecule has 3 nitrogen and oxygen atoms in total. The Morgan fingerprint density at radius 3 is 1.87 bits per heavy atom. The molecule has 0 atom stereocenters. The van der Waals surface area contributed by atoms with Gasteiger partial charge in [-0.15, -0.1) is 0 Å². The van der Waals surface area contributed by atoms with Crippen LogP contribution in [0.4, 0.5) is 0 Å². The standard InChI is InChI=1S/C35H23N2OP/c38-39(25-11-3-1-4-12-25,26-13-5-2-6-14-26)27-20-22-28-24(23-27)19-21-30-29-15-7-9-17-32(29)37-33-18-10-8-16-31(33)36-35(37)34(28)30/h1-23H. The summed E-state index contributed by atoms with van der Waals surface area (Å²) in [6, 6.07) is 47.2. The van der Waals surface area contributed by atoms with E-state index in [-0.39, 0.29) is 0 Å². The van der Waals surface area contributed by atoms with Gasteiger partial charge in [-0.3, -0.25) is 4.40 Å². The molecule has 4 heteroatoms. The van der Waals surface area contributed by atoms with Gasteiger partial charge in [0.05, 0.1) is 16.6 Å². The van der Waals surface area contributed by atoms with Gasteiger partial charge < -0.3 is 4.57 Å². The molecule has 0 aliphatic heterocycles. The van der Waals surface area contributed by atoms with Crippen LogP contribution in [0.3, 0.4) is 0 Å². The lowest BCUT2D eigenvalue weighted by Gasteiger charge is -2.21. The van der Waals surface area contributed by atoms with Gasteiger partial charge in [-0.25, -0.2) is 4.98 Å². The summed E-state index contributed by atoms with van der Waals surface area (Å²) in [7, 11) is -3.07. The summed E-state index contributed by atoms with van der Waals surface area (Å²) >= 11 is 0. The summed E-state index contributed by atoms with van der Waals surface area (Å²) in [5.74, 6) is 0.